The first-order valence-corrected chi connectivity index (χ1v) is 11.0. The van der Waals surface area contributed by atoms with Crippen LogP contribution in [0.5, 0.6) is 5.75 Å². The zero-order valence-electron chi connectivity index (χ0n) is 17.2. The van der Waals surface area contributed by atoms with Crippen molar-refractivity contribution in [2.45, 2.75) is 39.3 Å². The molecule has 3 heterocycles. The maximum atomic E-state index is 10.6. The number of rotatable bonds is 6. The lowest BCUT2D eigenvalue weighted by atomic mass is 9.90. The standard InChI is InChI=1S/C23H28N2O3S/c1-15-13-18(6-7-20(15)27-3)23-24-19(16(2)28-23)14-25-10-8-17(9-11-25)22(26)21-5-4-12-29-21/h4-7,12-13,17,22,26H,8-11,14H2,1-3H3. The maximum Gasteiger partial charge on any atom is 0.226 e. The Morgan fingerprint density at radius 2 is 2.07 bits per heavy atom. The molecule has 29 heavy (non-hydrogen) atoms. The van der Waals surface area contributed by atoms with Crippen molar-refractivity contribution in [3.8, 4) is 17.2 Å². The summed E-state index contributed by atoms with van der Waals surface area (Å²) in [5, 5.41) is 12.6. The SMILES string of the molecule is COc1ccc(-c2nc(CN3CCC(C(O)c4cccs4)CC3)c(C)o2)cc1C. The highest BCUT2D eigenvalue weighted by Gasteiger charge is 2.27. The second-order valence-electron chi connectivity index (χ2n) is 7.78. The number of nitrogens with zero attached hydrogens (tertiary/aromatic N) is 2. The topological polar surface area (TPSA) is 58.7 Å². The summed E-state index contributed by atoms with van der Waals surface area (Å²) in [6.07, 6.45) is 1.66. The van der Waals surface area contributed by atoms with Crippen LogP contribution in [0.25, 0.3) is 11.5 Å². The van der Waals surface area contributed by atoms with E-state index in [4.69, 9.17) is 14.1 Å². The van der Waals surface area contributed by atoms with Gasteiger partial charge in [0.15, 0.2) is 0 Å². The Kier molecular flexibility index (Phi) is 6.04. The van der Waals surface area contributed by atoms with Crippen LogP contribution in [-0.4, -0.2) is 35.2 Å². The monoisotopic (exact) mass is 412 g/mol. The van der Waals surface area contributed by atoms with Crippen LogP contribution in [0.15, 0.2) is 40.1 Å². The molecule has 1 saturated heterocycles. The number of methoxy groups -OCH3 is 1. The Labute approximate surface area is 176 Å². The summed E-state index contributed by atoms with van der Waals surface area (Å²) >= 11 is 1.64. The van der Waals surface area contributed by atoms with E-state index in [-0.39, 0.29) is 6.10 Å². The molecular weight excluding hydrogens is 384 g/mol. The molecule has 6 heteroatoms. The highest BCUT2D eigenvalue weighted by atomic mass is 32.1. The highest BCUT2D eigenvalue weighted by molar-refractivity contribution is 7.10. The second kappa shape index (κ2) is 8.69. The van der Waals surface area contributed by atoms with Crippen LogP contribution in [0.3, 0.4) is 0 Å². The van der Waals surface area contributed by atoms with Crippen LogP contribution >= 0.6 is 11.3 Å². The predicted molar refractivity (Wildman–Crippen MR) is 115 cm³/mol. The normalized spacial score (nSPS) is 16.8. The van der Waals surface area contributed by atoms with Gasteiger partial charge < -0.3 is 14.3 Å². The number of piperidine rings is 1. The van der Waals surface area contributed by atoms with Gasteiger partial charge in [-0.25, -0.2) is 4.98 Å². The molecule has 1 aromatic carbocycles. The average molecular weight is 413 g/mol. The van der Waals surface area contributed by atoms with E-state index in [1.165, 1.54) is 0 Å². The number of likely N-dealkylation sites (tertiary alicyclic amines) is 1. The van der Waals surface area contributed by atoms with Crippen molar-refractivity contribution in [1.29, 1.82) is 0 Å². The lowest BCUT2D eigenvalue weighted by molar-refractivity contribution is 0.0586. The zero-order valence-corrected chi connectivity index (χ0v) is 18.0. The van der Waals surface area contributed by atoms with E-state index >= 15 is 0 Å². The van der Waals surface area contributed by atoms with Crippen molar-refractivity contribution in [3.63, 3.8) is 0 Å². The zero-order chi connectivity index (χ0) is 20.4. The second-order valence-corrected chi connectivity index (χ2v) is 8.76. The Hall–Kier alpha value is -2.15. The molecule has 0 bridgehead atoms. The van der Waals surface area contributed by atoms with E-state index in [1.807, 2.05) is 49.6 Å². The largest absolute Gasteiger partial charge is 0.496 e. The summed E-state index contributed by atoms with van der Waals surface area (Å²) in [7, 11) is 1.68. The van der Waals surface area contributed by atoms with Gasteiger partial charge in [0.1, 0.15) is 11.5 Å². The van der Waals surface area contributed by atoms with Gasteiger partial charge in [0.25, 0.3) is 0 Å². The lowest BCUT2D eigenvalue weighted by Gasteiger charge is -2.33. The molecule has 5 nitrogen and oxygen atoms in total. The minimum atomic E-state index is -0.337. The smallest absolute Gasteiger partial charge is 0.226 e. The first kappa shape index (κ1) is 20.1. The summed E-state index contributed by atoms with van der Waals surface area (Å²) in [4.78, 5) is 8.26. The Morgan fingerprint density at radius 1 is 1.28 bits per heavy atom. The average Bonchev–Trinajstić information content (AvgIpc) is 3.39. The molecule has 0 saturated carbocycles. The number of aliphatic hydroxyl groups is 1. The molecule has 4 rings (SSSR count). The molecule has 0 aliphatic carbocycles. The number of thiophene rings is 1. The summed E-state index contributed by atoms with van der Waals surface area (Å²) in [6.45, 7) is 6.72. The quantitative estimate of drug-likeness (QED) is 0.619. The molecule has 1 aliphatic heterocycles. The van der Waals surface area contributed by atoms with Crippen molar-refractivity contribution >= 4 is 11.3 Å². The fourth-order valence-electron chi connectivity index (χ4n) is 4.04. The van der Waals surface area contributed by atoms with Crippen molar-refractivity contribution in [3.05, 3.63) is 57.6 Å². The van der Waals surface area contributed by atoms with Crippen molar-refractivity contribution in [2.24, 2.45) is 5.92 Å². The number of aromatic nitrogens is 1. The molecule has 1 atom stereocenters. The number of ether oxygens (including phenoxy) is 1. The molecule has 1 fully saturated rings. The number of aryl methyl sites for hydroxylation is 2. The van der Waals surface area contributed by atoms with Gasteiger partial charge in [-0.15, -0.1) is 11.3 Å². The maximum absolute atomic E-state index is 10.6. The molecule has 0 spiro atoms. The molecule has 0 amide bonds. The molecule has 1 unspecified atom stereocenters. The molecule has 2 aromatic heterocycles. The van der Waals surface area contributed by atoms with E-state index in [9.17, 15) is 5.11 Å². The van der Waals surface area contributed by atoms with Crippen LogP contribution in [0.1, 0.15) is 40.8 Å². The minimum Gasteiger partial charge on any atom is -0.496 e. The van der Waals surface area contributed by atoms with Gasteiger partial charge in [-0.2, -0.15) is 0 Å². The number of hydrogen-bond acceptors (Lipinski definition) is 6. The van der Waals surface area contributed by atoms with E-state index in [2.05, 4.69) is 4.90 Å². The summed E-state index contributed by atoms with van der Waals surface area (Å²) in [6, 6.07) is 10.0. The predicted octanol–water partition coefficient (Wildman–Crippen LogP) is 4.97. The number of hydrogen-bond donors (Lipinski definition) is 1. The third-order valence-electron chi connectivity index (χ3n) is 5.82. The number of benzene rings is 1. The lowest BCUT2D eigenvalue weighted by Crippen LogP contribution is -2.35. The van der Waals surface area contributed by atoms with Crippen LogP contribution in [0.4, 0.5) is 0 Å². The van der Waals surface area contributed by atoms with Crippen LogP contribution in [0, 0.1) is 19.8 Å². The third kappa shape index (κ3) is 4.39. The molecule has 1 N–H and O–H groups in total. The van der Waals surface area contributed by atoms with E-state index in [0.29, 0.717) is 11.8 Å². The Morgan fingerprint density at radius 3 is 2.72 bits per heavy atom. The van der Waals surface area contributed by atoms with E-state index in [0.717, 1.165) is 65.7 Å². The molecular formula is C23H28N2O3S. The third-order valence-corrected chi connectivity index (χ3v) is 6.76. The van der Waals surface area contributed by atoms with Gasteiger partial charge in [0.05, 0.1) is 18.9 Å². The fraction of sp³-hybridized carbons (Fsp3) is 0.435. The first-order valence-electron chi connectivity index (χ1n) is 10.1. The van der Waals surface area contributed by atoms with Gasteiger partial charge in [0, 0.05) is 17.0 Å². The van der Waals surface area contributed by atoms with Crippen molar-refractivity contribution < 1.29 is 14.3 Å². The molecule has 154 valence electrons. The highest BCUT2D eigenvalue weighted by Crippen LogP contribution is 2.34. The van der Waals surface area contributed by atoms with Gasteiger partial charge in [-0.1, -0.05) is 6.07 Å². The molecule has 3 aromatic rings. The number of oxazole rings is 1. The van der Waals surface area contributed by atoms with Crippen LogP contribution in [-0.2, 0) is 6.54 Å². The van der Waals surface area contributed by atoms with Gasteiger partial charge in [-0.3, -0.25) is 4.90 Å². The summed E-state index contributed by atoms with van der Waals surface area (Å²) < 4.78 is 11.3. The minimum absolute atomic E-state index is 0.334. The van der Waals surface area contributed by atoms with Gasteiger partial charge >= 0.3 is 0 Å². The molecule has 1 aliphatic rings. The summed E-state index contributed by atoms with van der Waals surface area (Å²) in [5.74, 6) is 2.73. The molecule has 0 radical (unpaired) electrons. The summed E-state index contributed by atoms with van der Waals surface area (Å²) in [5.41, 5.74) is 3.02. The van der Waals surface area contributed by atoms with E-state index in [1.54, 1.807) is 18.4 Å². The van der Waals surface area contributed by atoms with Crippen LogP contribution in [0.2, 0.25) is 0 Å². The van der Waals surface area contributed by atoms with Crippen molar-refractivity contribution in [2.75, 3.05) is 20.2 Å². The van der Waals surface area contributed by atoms with E-state index < -0.39 is 0 Å². The van der Waals surface area contributed by atoms with Gasteiger partial charge in [0.2, 0.25) is 5.89 Å². The Balaban J connectivity index is 1.39. The Bertz CT molecular complexity index is 943. The van der Waals surface area contributed by atoms with Gasteiger partial charge in [-0.05, 0) is 80.9 Å². The van der Waals surface area contributed by atoms with Crippen molar-refractivity contribution in [1.82, 2.24) is 9.88 Å². The first-order chi connectivity index (χ1) is 14.0. The van der Waals surface area contributed by atoms with Crippen LogP contribution < -0.4 is 4.74 Å². The fourth-order valence-corrected chi connectivity index (χ4v) is 4.84. The number of aliphatic hydroxyl groups excluding tert-OH is 1.